The van der Waals surface area contributed by atoms with Gasteiger partial charge in [-0.2, -0.15) is 0 Å². The molecule has 0 unspecified atom stereocenters. The van der Waals surface area contributed by atoms with E-state index in [1.165, 1.54) is 30.3 Å². The monoisotopic (exact) mass is 272 g/mol. The second-order valence-electron chi connectivity index (χ2n) is 5.44. The molecule has 0 atom stereocenters. The fourth-order valence-corrected chi connectivity index (χ4v) is 2.95. The summed E-state index contributed by atoms with van der Waals surface area (Å²) < 4.78 is 2.02. The van der Waals surface area contributed by atoms with Crippen LogP contribution >= 0.6 is 0 Å². The first kappa shape index (κ1) is 13.0. The molecule has 1 N–H and O–H groups in total. The molecule has 0 aliphatic carbocycles. The fraction of sp³-hybridized carbons (Fsp3) is 0.438. The Bertz CT molecular complexity index is 612. The van der Waals surface area contributed by atoms with Crippen molar-refractivity contribution >= 4 is 22.6 Å². The largest absolute Gasteiger partial charge is 0.481 e. The van der Waals surface area contributed by atoms with E-state index in [1.54, 1.807) is 0 Å². The van der Waals surface area contributed by atoms with E-state index >= 15 is 0 Å². The summed E-state index contributed by atoms with van der Waals surface area (Å²) in [6.45, 7) is 2.82. The zero-order chi connectivity index (χ0) is 13.9. The number of hydrogen-bond donors (Lipinski definition) is 1. The highest BCUT2D eigenvalue weighted by Crippen LogP contribution is 2.25. The number of aliphatic carboxylic acids is 1. The van der Waals surface area contributed by atoms with Crippen LogP contribution in [-0.4, -0.2) is 28.7 Å². The summed E-state index contributed by atoms with van der Waals surface area (Å²) in [4.78, 5) is 13.1. The number of fused-ring (bicyclic) bond motifs is 1. The molecule has 1 fully saturated rings. The molecule has 0 amide bonds. The minimum Gasteiger partial charge on any atom is -0.481 e. The molecule has 1 aromatic carbocycles. The third kappa shape index (κ3) is 2.64. The third-order valence-corrected chi connectivity index (χ3v) is 4.04. The fourth-order valence-electron chi connectivity index (χ4n) is 2.95. The van der Waals surface area contributed by atoms with Crippen LogP contribution in [0.2, 0.25) is 0 Å². The maximum atomic E-state index is 10.7. The number of carbonyl (C=O) groups is 1. The second kappa shape index (κ2) is 5.57. The first-order chi connectivity index (χ1) is 9.74. The summed E-state index contributed by atoms with van der Waals surface area (Å²) in [6, 6.07) is 8.56. The Balaban J connectivity index is 1.83. The molecule has 1 aromatic heterocycles. The molecule has 2 heterocycles. The Labute approximate surface area is 118 Å². The van der Waals surface area contributed by atoms with Crippen LogP contribution in [0.3, 0.4) is 0 Å². The summed E-state index contributed by atoms with van der Waals surface area (Å²) >= 11 is 0. The second-order valence-corrected chi connectivity index (χ2v) is 5.44. The van der Waals surface area contributed by atoms with Crippen molar-refractivity contribution in [3.05, 3.63) is 30.5 Å². The molecule has 4 heteroatoms. The molecule has 3 rings (SSSR count). The van der Waals surface area contributed by atoms with Crippen molar-refractivity contribution in [1.29, 1.82) is 0 Å². The molecule has 106 valence electrons. The molecule has 20 heavy (non-hydrogen) atoms. The Kier molecular flexibility index (Phi) is 3.63. The van der Waals surface area contributed by atoms with Gasteiger partial charge in [-0.05, 0) is 43.5 Å². The van der Waals surface area contributed by atoms with Crippen molar-refractivity contribution in [2.75, 3.05) is 18.0 Å². The lowest BCUT2D eigenvalue weighted by atomic mass is 10.1. The van der Waals surface area contributed by atoms with Crippen molar-refractivity contribution in [2.24, 2.45) is 0 Å². The van der Waals surface area contributed by atoms with Crippen LogP contribution < -0.4 is 4.90 Å². The normalized spacial score (nSPS) is 15.7. The number of aryl methyl sites for hydroxylation is 1. The van der Waals surface area contributed by atoms with E-state index in [4.69, 9.17) is 5.11 Å². The Hall–Kier alpha value is -1.97. The Morgan fingerprint density at radius 2 is 1.95 bits per heavy atom. The molecule has 0 spiro atoms. The number of benzene rings is 1. The number of anilines is 1. The van der Waals surface area contributed by atoms with Crippen LogP contribution in [0.25, 0.3) is 10.9 Å². The van der Waals surface area contributed by atoms with Crippen molar-refractivity contribution in [3.63, 3.8) is 0 Å². The number of piperidine rings is 1. The highest BCUT2D eigenvalue weighted by atomic mass is 16.4. The maximum absolute atomic E-state index is 10.7. The first-order valence-electron chi connectivity index (χ1n) is 7.30. The molecule has 4 nitrogen and oxygen atoms in total. The highest BCUT2D eigenvalue weighted by Gasteiger charge is 2.12. The van der Waals surface area contributed by atoms with Crippen LogP contribution in [0.5, 0.6) is 0 Å². The first-order valence-corrected chi connectivity index (χ1v) is 7.30. The van der Waals surface area contributed by atoms with Gasteiger partial charge in [0.1, 0.15) is 0 Å². The van der Waals surface area contributed by atoms with E-state index in [0.717, 1.165) is 18.6 Å². The van der Waals surface area contributed by atoms with Gasteiger partial charge in [-0.15, -0.1) is 0 Å². The number of carboxylic acids is 1. The van der Waals surface area contributed by atoms with E-state index in [9.17, 15) is 4.79 Å². The average Bonchev–Trinajstić information content (AvgIpc) is 2.88. The summed E-state index contributed by atoms with van der Waals surface area (Å²) in [5.74, 6) is -0.753. The summed E-state index contributed by atoms with van der Waals surface area (Å²) in [5.41, 5.74) is 2.40. The summed E-state index contributed by atoms with van der Waals surface area (Å²) in [7, 11) is 0. The number of aromatic nitrogens is 1. The van der Waals surface area contributed by atoms with Crippen molar-refractivity contribution < 1.29 is 9.90 Å². The number of hydrogen-bond acceptors (Lipinski definition) is 2. The molecule has 1 aliphatic heterocycles. The number of nitrogens with zero attached hydrogens (tertiary/aromatic N) is 2. The Morgan fingerprint density at radius 3 is 2.70 bits per heavy atom. The zero-order valence-corrected chi connectivity index (χ0v) is 11.6. The number of carboxylic acid groups (broad SMARTS) is 1. The van der Waals surface area contributed by atoms with Crippen LogP contribution in [0.1, 0.15) is 25.7 Å². The lowest BCUT2D eigenvalue weighted by Crippen LogP contribution is -2.29. The third-order valence-electron chi connectivity index (χ3n) is 4.04. The predicted octanol–water partition coefficient (Wildman–Crippen LogP) is 3.11. The van der Waals surface area contributed by atoms with Gasteiger partial charge in [0, 0.05) is 42.4 Å². The van der Waals surface area contributed by atoms with E-state index in [2.05, 4.69) is 29.2 Å². The SMILES string of the molecule is O=C(O)CCn1ccc2cc(N3CCCCC3)ccc21. The minimum atomic E-state index is -0.753. The van der Waals surface area contributed by atoms with Gasteiger partial charge in [0.25, 0.3) is 0 Å². The van der Waals surface area contributed by atoms with Gasteiger partial charge in [0.2, 0.25) is 0 Å². The zero-order valence-electron chi connectivity index (χ0n) is 11.6. The standard InChI is InChI=1S/C16H20N2O2/c19-16(20)7-11-18-10-6-13-12-14(4-5-15(13)18)17-8-2-1-3-9-17/h4-6,10,12H,1-3,7-9,11H2,(H,19,20). The maximum Gasteiger partial charge on any atom is 0.305 e. The smallest absolute Gasteiger partial charge is 0.305 e. The van der Waals surface area contributed by atoms with Crippen molar-refractivity contribution in [2.45, 2.75) is 32.2 Å². The molecule has 1 saturated heterocycles. The molecular weight excluding hydrogens is 252 g/mol. The predicted molar refractivity (Wildman–Crippen MR) is 80.3 cm³/mol. The molecule has 0 radical (unpaired) electrons. The van der Waals surface area contributed by atoms with Gasteiger partial charge in [-0.3, -0.25) is 4.79 Å². The topological polar surface area (TPSA) is 45.5 Å². The van der Waals surface area contributed by atoms with E-state index < -0.39 is 5.97 Å². The van der Waals surface area contributed by atoms with Crippen molar-refractivity contribution in [3.8, 4) is 0 Å². The van der Waals surface area contributed by atoms with Gasteiger partial charge < -0.3 is 14.6 Å². The van der Waals surface area contributed by atoms with Crippen LogP contribution in [0.15, 0.2) is 30.5 Å². The lowest BCUT2D eigenvalue weighted by Gasteiger charge is -2.28. The van der Waals surface area contributed by atoms with Crippen LogP contribution in [0.4, 0.5) is 5.69 Å². The molecule has 1 aliphatic rings. The average molecular weight is 272 g/mol. The van der Waals surface area contributed by atoms with Crippen LogP contribution in [0, 0.1) is 0 Å². The molecule has 0 bridgehead atoms. The van der Waals surface area contributed by atoms with E-state index in [0.29, 0.717) is 6.54 Å². The summed E-state index contributed by atoms with van der Waals surface area (Å²) in [5, 5.41) is 9.97. The summed E-state index contributed by atoms with van der Waals surface area (Å²) in [6.07, 6.45) is 6.03. The van der Waals surface area contributed by atoms with Gasteiger partial charge in [-0.1, -0.05) is 0 Å². The molecular formula is C16H20N2O2. The Morgan fingerprint density at radius 1 is 1.15 bits per heavy atom. The van der Waals surface area contributed by atoms with Gasteiger partial charge in [0.05, 0.1) is 6.42 Å². The van der Waals surface area contributed by atoms with E-state index in [1.807, 2.05) is 10.8 Å². The molecule has 0 saturated carbocycles. The quantitative estimate of drug-likeness (QED) is 0.930. The lowest BCUT2D eigenvalue weighted by molar-refractivity contribution is -0.137. The van der Waals surface area contributed by atoms with Gasteiger partial charge >= 0.3 is 5.97 Å². The number of rotatable bonds is 4. The van der Waals surface area contributed by atoms with Crippen molar-refractivity contribution in [1.82, 2.24) is 4.57 Å². The minimum absolute atomic E-state index is 0.164. The van der Waals surface area contributed by atoms with Gasteiger partial charge in [-0.25, -0.2) is 0 Å². The van der Waals surface area contributed by atoms with Gasteiger partial charge in [0.15, 0.2) is 0 Å². The highest BCUT2D eigenvalue weighted by molar-refractivity contribution is 5.84. The van der Waals surface area contributed by atoms with Crippen LogP contribution in [-0.2, 0) is 11.3 Å². The van der Waals surface area contributed by atoms with E-state index in [-0.39, 0.29) is 6.42 Å². The molecule has 2 aromatic rings.